The van der Waals surface area contributed by atoms with Crippen LogP contribution in [0.15, 0.2) is 84.1 Å². The molecule has 2 heterocycles. The van der Waals surface area contributed by atoms with E-state index in [2.05, 4.69) is 63.2 Å². The second-order valence-electron chi connectivity index (χ2n) is 5.58. The minimum Gasteiger partial charge on any atom is -0.361 e. The first-order chi connectivity index (χ1) is 11.9. The highest BCUT2D eigenvalue weighted by molar-refractivity contribution is 7.97. The normalized spacial score (nSPS) is 11.0. The molecule has 0 bridgehead atoms. The summed E-state index contributed by atoms with van der Waals surface area (Å²) in [6.45, 7) is 0.818. The van der Waals surface area contributed by atoms with Crippen molar-refractivity contribution in [2.45, 2.75) is 11.4 Å². The van der Waals surface area contributed by atoms with Crippen LogP contribution in [-0.2, 0) is 6.54 Å². The Morgan fingerprint density at radius 2 is 1.67 bits per heavy atom. The molecule has 0 aliphatic heterocycles. The average Bonchev–Trinajstić information content (AvgIpc) is 3.11. The Bertz CT molecular complexity index is 930. The monoisotopic (exact) mass is 331 g/mol. The van der Waals surface area contributed by atoms with Crippen molar-refractivity contribution in [3.63, 3.8) is 0 Å². The average molecular weight is 331 g/mol. The van der Waals surface area contributed by atoms with Crippen molar-refractivity contribution < 1.29 is 0 Å². The fourth-order valence-corrected chi connectivity index (χ4v) is 3.32. The molecule has 24 heavy (non-hydrogen) atoms. The Balaban J connectivity index is 1.42. The molecule has 4 aromatic rings. The van der Waals surface area contributed by atoms with Gasteiger partial charge < -0.3 is 4.98 Å². The highest BCUT2D eigenvalue weighted by Crippen LogP contribution is 2.26. The van der Waals surface area contributed by atoms with E-state index >= 15 is 0 Å². The van der Waals surface area contributed by atoms with E-state index in [4.69, 9.17) is 0 Å². The van der Waals surface area contributed by atoms with Gasteiger partial charge in [0.25, 0.3) is 0 Å². The lowest BCUT2D eigenvalue weighted by molar-refractivity contribution is 0.969. The standard InChI is InChI=1S/C20H17N3S/c1-2-18(13-20-17(1)9-12-22-20)16-3-5-19(6-4-16)24-23-14-15-7-10-21-11-8-15/h1-13,22-23H,14H2. The lowest BCUT2D eigenvalue weighted by Gasteiger charge is -2.06. The summed E-state index contributed by atoms with van der Waals surface area (Å²) in [6.07, 6.45) is 5.61. The minimum absolute atomic E-state index is 0.818. The van der Waals surface area contributed by atoms with Gasteiger partial charge in [-0.05, 0) is 70.4 Å². The molecule has 118 valence electrons. The van der Waals surface area contributed by atoms with Gasteiger partial charge in [-0.2, -0.15) is 0 Å². The predicted molar refractivity (Wildman–Crippen MR) is 101 cm³/mol. The highest BCUT2D eigenvalue weighted by atomic mass is 32.2. The molecule has 4 rings (SSSR count). The molecule has 0 radical (unpaired) electrons. The maximum absolute atomic E-state index is 4.03. The van der Waals surface area contributed by atoms with Crippen LogP contribution in [0.5, 0.6) is 0 Å². The summed E-state index contributed by atoms with van der Waals surface area (Å²) >= 11 is 1.65. The number of hydrogen-bond donors (Lipinski definition) is 2. The van der Waals surface area contributed by atoms with Gasteiger partial charge in [0.2, 0.25) is 0 Å². The SMILES string of the molecule is c1cc(CNSc2ccc(-c3ccc4cc[nH]c4c3)cc2)ccn1. The second kappa shape index (κ2) is 6.91. The molecule has 0 aliphatic carbocycles. The Labute approximate surface area is 145 Å². The van der Waals surface area contributed by atoms with E-state index in [0.29, 0.717) is 0 Å². The number of aromatic nitrogens is 2. The lowest BCUT2D eigenvalue weighted by atomic mass is 10.0. The summed E-state index contributed by atoms with van der Waals surface area (Å²) in [4.78, 5) is 8.50. The van der Waals surface area contributed by atoms with Gasteiger partial charge >= 0.3 is 0 Å². The van der Waals surface area contributed by atoms with Gasteiger partial charge in [0, 0.05) is 35.5 Å². The molecule has 2 N–H and O–H groups in total. The number of benzene rings is 2. The van der Waals surface area contributed by atoms with Crippen molar-refractivity contribution in [2.24, 2.45) is 0 Å². The van der Waals surface area contributed by atoms with Crippen LogP contribution in [-0.4, -0.2) is 9.97 Å². The Morgan fingerprint density at radius 1 is 0.875 bits per heavy atom. The molecule has 4 heteroatoms. The van der Waals surface area contributed by atoms with Crippen LogP contribution in [0.1, 0.15) is 5.56 Å². The quantitative estimate of drug-likeness (QED) is 0.504. The van der Waals surface area contributed by atoms with Crippen molar-refractivity contribution in [1.82, 2.24) is 14.7 Å². The molecule has 3 nitrogen and oxygen atoms in total. The smallest absolute Gasteiger partial charge is 0.0460 e. The van der Waals surface area contributed by atoms with Crippen LogP contribution in [0.4, 0.5) is 0 Å². The number of hydrogen-bond acceptors (Lipinski definition) is 3. The first-order valence-corrected chi connectivity index (χ1v) is 8.66. The highest BCUT2D eigenvalue weighted by Gasteiger charge is 2.01. The van der Waals surface area contributed by atoms with E-state index in [9.17, 15) is 0 Å². The maximum atomic E-state index is 4.03. The van der Waals surface area contributed by atoms with Gasteiger partial charge in [0.15, 0.2) is 0 Å². The molecule has 0 atom stereocenters. The second-order valence-corrected chi connectivity index (χ2v) is 6.55. The predicted octanol–water partition coefficient (Wildman–Crippen LogP) is 5.03. The third-order valence-corrected chi connectivity index (χ3v) is 4.75. The Hall–Kier alpha value is -2.56. The minimum atomic E-state index is 0.818. The number of nitrogens with one attached hydrogen (secondary N) is 2. The molecule has 0 spiro atoms. The fraction of sp³-hybridized carbons (Fsp3) is 0.0500. The number of H-pyrrole nitrogens is 1. The molecule has 0 unspecified atom stereocenters. The van der Waals surface area contributed by atoms with E-state index in [0.717, 1.165) is 6.54 Å². The van der Waals surface area contributed by atoms with Crippen LogP contribution in [0, 0.1) is 0 Å². The first-order valence-electron chi connectivity index (χ1n) is 7.85. The van der Waals surface area contributed by atoms with Gasteiger partial charge in [-0.1, -0.05) is 24.3 Å². The third-order valence-electron chi connectivity index (χ3n) is 3.96. The Kier molecular flexibility index (Phi) is 4.32. The molecular formula is C20H17N3S. The summed E-state index contributed by atoms with van der Waals surface area (Å²) in [6, 6.07) is 21.3. The zero-order valence-electron chi connectivity index (χ0n) is 13.1. The number of nitrogens with zero attached hydrogens (tertiary/aromatic N) is 1. The van der Waals surface area contributed by atoms with Crippen molar-refractivity contribution >= 4 is 22.9 Å². The number of aromatic amines is 1. The first kappa shape index (κ1) is 15.0. The van der Waals surface area contributed by atoms with Gasteiger partial charge in [0.1, 0.15) is 0 Å². The van der Waals surface area contributed by atoms with Crippen molar-refractivity contribution in [3.8, 4) is 11.1 Å². The fourth-order valence-electron chi connectivity index (χ4n) is 2.65. The molecule has 0 aliphatic rings. The topological polar surface area (TPSA) is 40.7 Å². The summed E-state index contributed by atoms with van der Waals surface area (Å²) in [5.74, 6) is 0. The summed E-state index contributed by atoms with van der Waals surface area (Å²) in [5, 5.41) is 1.24. The molecule has 0 saturated carbocycles. The van der Waals surface area contributed by atoms with Crippen molar-refractivity contribution in [3.05, 3.63) is 84.8 Å². The number of rotatable bonds is 5. The summed E-state index contributed by atoms with van der Waals surface area (Å²) < 4.78 is 3.38. The van der Waals surface area contributed by atoms with Crippen LogP contribution in [0.2, 0.25) is 0 Å². The van der Waals surface area contributed by atoms with Crippen LogP contribution in [0.25, 0.3) is 22.0 Å². The molecule has 0 fully saturated rings. The van der Waals surface area contributed by atoms with Crippen LogP contribution >= 0.6 is 11.9 Å². The van der Waals surface area contributed by atoms with Crippen molar-refractivity contribution in [2.75, 3.05) is 0 Å². The zero-order valence-corrected chi connectivity index (χ0v) is 13.9. The van der Waals surface area contributed by atoms with E-state index in [1.165, 1.54) is 32.5 Å². The van der Waals surface area contributed by atoms with Crippen molar-refractivity contribution in [1.29, 1.82) is 0 Å². The van der Waals surface area contributed by atoms with E-state index in [1.54, 1.807) is 11.9 Å². The molecule has 0 saturated heterocycles. The molecule has 0 amide bonds. The van der Waals surface area contributed by atoms with E-state index < -0.39 is 0 Å². The van der Waals surface area contributed by atoms with Gasteiger partial charge in [-0.25, -0.2) is 0 Å². The summed E-state index contributed by atoms with van der Waals surface area (Å²) in [7, 11) is 0. The van der Waals surface area contributed by atoms with Crippen LogP contribution < -0.4 is 4.72 Å². The molecular weight excluding hydrogens is 314 g/mol. The largest absolute Gasteiger partial charge is 0.361 e. The zero-order chi connectivity index (χ0) is 16.2. The van der Waals surface area contributed by atoms with E-state index in [-0.39, 0.29) is 0 Å². The van der Waals surface area contributed by atoms with Gasteiger partial charge in [-0.3, -0.25) is 9.71 Å². The van der Waals surface area contributed by atoms with Gasteiger partial charge in [-0.15, -0.1) is 0 Å². The maximum Gasteiger partial charge on any atom is 0.0460 e. The molecule has 2 aromatic heterocycles. The third kappa shape index (κ3) is 3.35. The lowest BCUT2D eigenvalue weighted by Crippen LogP contribution is -2.02. The summed E-state index contributed by atoms with van der Waals surface area (Å²) in [5.41, 5.74) is 4.86. The van der Waals surface area contributed by atoms with E-state index in [1.807, 2.05) is 30.7 Å². The van der Waals surface area contributed by atoms with Crippen LogP contribution in [0.3, 0.4) is 0 Å². The van der Waals surface area contributed by atoms with Gasteiger partial charge in [0.05, 0.1) is 0 Å². The Morgan fingerprint density at radius 3 is 2.50 bits per heavy atom. The molecule has 2 aromatic carbocycles. The number of pyridine rings is 1. The number of fused-ring (bicyclic) bond motifs is 1.